The van der Waals surface area contributed by atoms with E-state index in [0.717, 1.165) is 22.4 Å². The number of carbonyl (C=O) groups is 2. The van der Waals surface area contributed by atoms with Crippen LogP contribution in [0.1, 0.15) is 56.8 Å². The molecule has 1 amide bonds. The summed E-state index contributed by atoms with van der Waals surface area (Å²) < 4.78 is 24.1. The Morgan fingerprint density at radius 3 is 2.59 bits per heavy atom. The van der Waals surface area contributed by atoms with Crippen LogP contribution in [-0.4, -0.2) is 47.7 Å². The van der Waals surface area contributed by atoms with Crippen LogP contribution < -0.4 is 23.8 Å². The molecule has 6 rings (SSSR count). The molecule has 0 bridgehead atoms. The summed E-state index contributed by atoms with van der Waals surface area (Å²) in [5, 5.41) is 12.1. The number of aliphatic hydroxyl groups excluding tert-OH is 1. The van der Waals surface area contributed by atoms with Gasteiger partial charge in [-0.1, -0.05) is 24.3 Å². The van der Waals surface area contributed by atoms with E-state index in [9.17, 15) is 14.7 Å². The van der Waals surface area contributed by atoms with Crippen LogP contribution in [0.25, 0.3) is 16.0 Å². The number of Topliss-reactive ketones (excluding diaryl/α,β-unsaturated/α-hetero) is 1. The topological polar surface area (TPSA) is 107 Å². The molecule has 4 aromatic rings. The minimum atomic E-state index is -0.968. The van der Waals surface area contributed by atoms with E-state index < -0.39 is 17.7 Å². The van der Waals surface area contributed by atoms with Gasteiger partial charge in [0, 0.05) is 12.0 Å². The first-order valence-corrected chi connectivity index (χ1v) is 15.7. The first-order valence-electron chi connectivity index (χ1n) is 14.9. The van der Waals surface area contributed by atoms with E-state index in [1.54, 1.807) is 30.3 Å². The molecule has 1 aromatic heterocycles. The smallest absolute Gasteiger partial charge is 0.301 e. The average molecular weight is 615 g/mol. The third-order valence-electron chi connectivity index (χ3n) is 7.52. The van der Waals surface area contributed by atoms with E-state index in [2.05, 4.69) is 0 Å². The Morgan fingerprint density at radius 2 is 1.82 bits per heavy atom. The molecule has 2 aliphatic heterocycles. The van der Waals surface area contributed by atoms with Gasteiger partial charge in [0.15, 0.2) is 16.6 Å². The SMILES string of the molecule is CCCOc1ccc(C2/C(=C(\O)c3ccc4c(c3)CC(C)O4)C(=O)C(=O)N2c2nc3ccc(OCC)cc3s2)cc1OCC. The van der Waals surface area contributed by atoms with Crippen LogP contribution in [0.5, 0.6) is 23.0 Å². The van der Waals surface area contributed by atoms with Crippen LogP contribution >= 0.6 is 11.3 Å². The van der Waals surface area contributed by atoms with E-state index in [-0.39, 0.29) is 17.4 Å². The highest BCUT2D eigenvalue weighted by atomic mass is 32.1. The summed E-state index contributed by atoms with van der Waals surface area (Å²) in [4.78, 5) is 33.7. The second-order valence-electron chi connectivity index (χ2n) is 10.7. The number of anilines is 1. The summed E-state index contributed by atoms with van der Waals surface area (Å²) in [6, 6.07) is 15.2. The fourth-order valence-electron chi connectivity index (χ4n) is 5.62. The predicted molar refractivity (Wildman–Crippen MR) is 169 cm³/mol. The van der Waals surface area contributed by atoms with Crippen molar-refractivity contribution in [3.8, 4) is 23.0 Å². The van der Waals surface area contributed by atoms with E-state index in [1.165, 1.54) is 16.2 Å². The number of ketones is 1. The number of amides is 1. The normalized spacial score (nSPS) is 18.9. The van der Waals surface area contributed by atoms with Crippen molar-refractivity contribution in [3.05, 3.63) is 76.9 Å². The monoisotopic (exact) mass is 614 g/mol. The second-order valence-corrected chi connectivity index (χ2v) is 11.7. The van der Waals surface area contributed by atoms with Crippen LogP contribution in [-0.2, 0) is 16.0 Å². The van der Waals surface area contributed by atoms with Gasteiger partial charge in [0.25, 0.3) is 5.78 Å². The number of thiazole rings is 1. The molecule has 9 nitrogen and oxygen atoms in total. The van der Waals surface area contributed by atoms with E-state index >= 15 is 0 Å². The number of carbonyl (C=O) groups excluding carboxylic acids is 2. The Bertz CT molecular complexity index is 1780. The van der Waals surface area contributed by atoms with Gasteiger partial charge in [-0.2, -0.15) is 0 Å². The van der Waals surface area contributed by atoms with Gasteiger partial charge >= 0.3 is 5.91 Å². The van der Waals surface area contributed by atoms with E-state index in [1.807, 2.05) is 52.0 Å². The van der Waals surface area contributed by atoms with Crippen LogP contribution in [0.15, 0.2) is 60.2 Å². The summed E-state index contributed by atoms with van der Waals surface area (Å²) in [5.41, 5.74) is 2.58. The van der Waals surface area contributed by atoms with Gasteiger partial charge in [-0.15, -0.1) is 0 Å². The molecule has 3 aromatic carbocycles. The maximum atomic E-state index is 13.8. The Balaban J connectivity index is 1.52. The quantitative estimate of drug-likeness (QED) is 0.118. The highest BCUT2D eigenvalue weighted by molar-refractivity contribution is 7.22. The molecule has 1 N–H and O–H groups in total. The maximum absolute atomic E-state index is 13.8. The van der Waals surface area contributed by atoms with Gasteiger partial charge in [0.2, 0.25) is 0 Å². The summed E-state index contributed by atoms with van der Waals surface area (Å²) in [5.74, 6) is 0.647. The predicted octanol–water partition coefficient (Wildman–Crippen LogP) is 6.83. The zero-order valence-electron chi connectivity index (χ0n) is 25.1. The van der Waals surface area contributed by atoms with Gasteiger partial charge in [-0.3, -0.25) is 14.5 Å². The minimum absolute atomic E-state index is 0.0145. The summed E-state index contributed by atoms with van der Waals surface area (Å²) in [7, 11) is 0. The van der Waals surface area contributed by atoms with Gasteiger partial charge in [0.1, 0.15) is 23.4 Å². The van der Waals surface area contributed by atoms with Gasteiger partial charge < -0.3 is 24.1 Å². The van der Waals surface area contributed by atoms with Gasteiger partial charge in [-0.05, 0) is 86.8 Å². The molecule has 10 heteroatoms. The Morgan fingerprint density at radius 1 is 1.00 bits per heavy atom. The highest BCUT2D eigenvalue weighted by Crippen LogP contribution is 2.46. The molecular formula is C34H34N2O7S. The first kappa shape index (κ1) is 29.5. The van der Waals surface area contributed by atoms with Crippen molar-refractivity contribution in [2.45, 2.75) is 52.7 Å². The van der Waals surface area contributed by atoms with Crippen molar-refractivity contribution in [2.24, 2.45) is 0 Å². The molecule has 2 atom stereocenters. The molecule has 1 fully saturated rings. The average Bonchev–Trinajstić information content (AvgIpc) is 3.68. The Hall–Kier alpha value is -4.57. The number of aromatic nitrogens is 1. The van der Waals surface area contributed by atoms with Crippen molar-refractivity contribution < 1.29 is 33.6 Å². The summed E-state index contributed by atoms with van der Waals surface area (Å²) >= 11 is 1.28. The Labute approximate surface area is 259 Å². The van der Waals surface area contributed by atoms with Crippen LogP contribution in [0.3, 0.4) is 0 Å². The molecule has 0 radical (unpaired) electrons. The lowest BCUT2D eigenvalue weighted by molar-refractivity contribution is -0.132. The van der Waals surface area contributed by atoms with Gasteiger partial charge in [-0.25, -0.2) is 4.98 Å². The van der Waals surface area contributed by atoms with Crippen molar-refractivity contribution in [1.82, 2.24) is 4.98 Å². The molecule has 0 spiro atoms. The molecule has 228 valence electrons. The number of hydrogen-bond donors (Lipinski definition) is 1. The number of rotatable bonds is 10. The molecule has 3 heterocycles. The standard InChI is InChI=1S/C34H34N2O7S/c1-5-14-42-26-13-8-20(17-27(26)41-7-3)30-29(31(37)21-9-12-25-22(16-21)15-19(4)43-25)32(38)33(39)36(30)34-35-24-11-10-23(40-6-2)18-28(24)44-34/h8-13,16-19,30,37H,5-7,14-15H2,1-4H3/b31-29+. The summed E-state index contributed by atoms with van der Waals surface area (Å²) in [6.45, 7) is 9.19. The zero-order valence-corrected chi connectivity index (χ0v) is 25.9. The number of nitrogens with zero attached hydrogens (tertiary/aromatic N) is 2. The van der Waals surface area contributed by atoms with E-state index in [0.29, 0.717) is 65.3 Å². The van der Waals surface area contributed by atoms with Crippen LogP contribution in [0.4, 0.5) is 5.13 Å². The van der Waals surface area contributed by atoms with Crippen LogP contribution in [0, 0.1) is 0 Å². The number of aliphatic hydroxyl groups is 1. The first-order chi connectivity index (χ1) is 21.3. The van der Waals surface area contributed by atoms with Crippen molar-refractivity contribution in [1.29, 1.82) is 0 Å². The summed E-state index contributed by atoms with van der Waals surface area (Å²) in [6.07, 6.45) is 1.52. The van der Waals surface area contributed by atoms with Gasteiger partial charge in [0.05, 0.1) is 41.7 Å². The van der Waals surface area contributed by atoms with Crippen LogP contribution in [0.2, 0.25) is 0 Å². The molecule has 44 heavy (non-hydrogen) atoms. The fraction of sp³-hybridized carbons (Fsp3) is 0.324. The molecule has 2 unspecified atom stereocenters. The number of benzene rings is 3. The Kier molecular flexibility index (Phi) is 8.18. The molecular weight excluding hydrogens is 580 g/mol. The van der Waals surface area contributed by atoms with E-state index in [4.69, 9.17) is 23.9 Å². The number of ether oxygens (including phenoxy) is 4. The second kappa shape index (κ2) is 12.2. The minimum Gasteiger partial charge on any atom is -0.507 e. The van der Waals surface area contributed by atoms with Crippen molar-refractivity contribution >= 4 is 44.1 Å². The largest absolute Gasteiger partial charge is 0.507 e. The molecule has 1 saturated heterocycles. The fourth-order valence-corrected chi connectivity index (χ4v) is 6.64. The number of hydrogen-bond acceptors (Lipinski definition) is 9. The molecule has 0 saturated carbocycles. The third kappa shape index (κ3) is 5.34. The lowest BCUT2D eigenvalue weighted by Gasteiger charge is -2.24. The highest BCUT2D eigenvalue weighted by Gasteiger charge is 2.48. The molecule has 2 aliphatic rings. The maximum Gasteiger partial charge on any atom is 0.301 e. The lowest BCUT2D eigenvalue weighted by Crippen LogP contribution is -2.29. The van der Waals surface area contributed by atoms with Crippen molar-refractivity contribution in [3.63, 3.8) is 0 Å². The van der Waals surface area contributed by atoms with Crippen molar-refractivity contribution in [2.75, 3.05) is 24.7 Å². The lowest BCUT2D eigenvalue weighted by atomic mass is 9.94. The number of fused-ring (bicyclic) bond motifs is 2. The third-order valence-corrected chi connectivity index (χ3v) is 8.54. The molecule has 0 aliphatic carbocycles. The zero-order chi connectivity index (χ0) is 31.0.